The first kappa shape index (κ1) is 13.9. The normalized spacial score (nSPS) is 23.7. The minimum atomic E-state index is -2.74. The number of hydrogen-bond acceptors (Lipinski definition) is 4. The molecule has 1 rings (SSSR count). The van der Waals surface area contributed by atoms with Gasteiger partial charge in [-0.25, -0.2) is 8.42 Å². The van der Waals surface area contributed by atoms with Crippen LogP contribution < -0.4 is 5.32 Å². The van der Waals surface area contributed by atoms with Gasteiger partial charge in [-0.05, 0) is 25.8 Å². The second kappa shape index (κ2) is 7.25. The van der Waals surface area contributed by atoms with Crippen LogP contribution in [0.4, 0.5) is 0 Å². The highest BCUT2D eigenvalue weighted by Crippen LogP contribution is 2.10. The monoisotopic (exact) mass is 249 g/mol. The van der Waals surface area contributed by atoms with Crippen molar-refractivity contribution in [2.24, 2.45) is 0 Å². The second-order valence-corrected chi connectivity index (χ2v) is 6.60. The summed E-state index contributed by atoms with van der Waals surface area (Å²) in [5, 5.41) is 3.27. The maximum absolute atomic E-state index is 11.2. The number of hydrogen-bond donors (Lipinski definition) is 1. The summed E-state index contributed by atoms with van der Waals surface area (Å²) in [7, 11) is -2.74. The fourth-order valence-corrected chi connectivity index (χ4v) is 3.49. The first-order valence-corrected chi connectivity index (χ1v) is 7.98. The van der Waals surface area contributed by atoms with E-state index in [1.807, 2.05) is 0 Å². The van der Waals surface area contributed by atoms with E-state index in [1.165, 1.54) is 0 Å². The van der Waals surface area contributed by atoms with Gasteiger partial charge in [-0.3, -0.25) is 0 Å². The molecule has 4 nitrogen and oxygen atoms in total. The van der Waals surface area contributed by atoms with Crippen molar-refractivity contribution in [2.75, 3.05) is 31.3 Å². The third kappa shape index (κ3) is 5.82. The van der Waals surface area contributed by atoms with Crippen LogP contribution in [0.3, 0.4) is 0 Å². The maximum Gasteiger partial charge on any atom is 0.151 e. The predicted octanol–water partition coefficient (Wildman–Crippen LogP) is 0.970. The van der Waals surface area contributed by atoms with Crippen molar-refractivity contribution >= 4 is 9.84 Å². The van der Waals surface area contributed by atoms with Crippen molar-refractivity contribution in [3.05, 3.63) is 0 Å². The SMILES string of the molecule is CCCCOCCCNC1CCS(=O)(=O)C1. The molecule has 1 fully saturated rings. The largest absolute Gasteiger partial charge is 0.381 e. The molecule has 0 amide bonds. The van der Waals surface area contributed by atoms with E-state index >= 15 is 0 Å². The van der Waals surface area contributed by atoms with Crippen LogP contribution in [0.5, 0.6) is 0 Å². The highest BCUT2D eigenvalue weighted by Gasteiger charge is 2.26. The molecule has 0 saturated carbocycles. The molecule has 1 N–H and O–H groups in total. The minimum absolute atomic E-state index is 0.167. The Kier molecular flexibility index (Phi) is 6.31. The summed E-state index contributed by atoms with van der Waals surface area (Å²) in [6.45, 7) is 4.61. The summed E-state index contributed by atoms with van der Waals surface area (Å²) in [4.78, 5) is 0. The Morgan fingerprint density at radius 3 is 2.69 bits per heavy atom. The average Bonchev–Trinajstić information content (AvgIpc) is 2.57. The van der Waals surface area contributed by atoms with E-state index in [1.54, 1.807) is 0 Å². The molecule has 0 radical (unpaired) electrons. The number of nitrogens with one attached hydrogen (secondary N) is 1. The van der Waals surface area contributed by atoms with Crippen LogP contribution in [0.1, 0.15) is 32.6 Å². The Hall–Kier alpha value is -0.130. The lowest BCUT2D eigenvalue weighted by molar-refractivity contribution is 0.128. The van der Waals surface area contributed by atoms with Gasteiger partial charge in [0.1, 0.15) is 0 Å². The van der Waals surface area contributed by atoms with E-state index in [4.69, 9.17) is 4.74 Å². The standard InChI is InChI=1S/C11H23NO3S/c1-2-3-7-15-8-4-6-12-11-5-9-16(13,14)10-11/h11-12H,2-10H2,1H3. The van der Waals surface area contributed by atoms with Crippen LogP contribution >= 0.6 is 0 Å². The van der Waals surface area contributed by atoms with Crippen molar-refractivity contribution in [1.82, 2.24) is 5.32 Å². The first-order chi connectivity index (χ1) is 7.64. The van der Waals surface area contributed by atoms with Gasteiger partial charge in [0, 0.05) is 19.3 Å². The van der Waals surface area contributed by atoms with E-state index < -0.39 is 9.84 Å². The molecule has 1 aliphatic rings. The van der Waals surface area contributed by atoms with Crippen molar-refractivity contribution < 1.29 is 13.2 Å². The van der Waals surface area contributed by atoms with Gasteiger partial charge in [-0.1, -0.05) is 13.3 Å². The lowest BCUT2D eigenvalue weighted by Crippen LogP contribution is -2.31. The quantitative estimate of drug-likeness (QED) is 0.651. The zero-order chi connectivity index (χ0) is 11.9. The van der Waals surface area contributed by atoms with Crippen LogP contribution in [0.15, 0.2) is 0 Å². The molecule has 0 bridgehead atoms. The van der Waals surface area contributed by atoms with Gasteiger partial charge < -0.3 is 10.1 Å². The number of sulfone groups is 1. The predicted molar refractivity (Wildman–Crippen MR) is 65.4 cm³/mol. The Labute approximate surface area is 98.7 Å². The number of unbranched alkanes of at least 4 members (excludes halogenated alkanes) is 1. The Bertz CT molecular complexity index is 277. The van der Waals surface area contributed by atoms with Gasteiger partial charge in [-0.15, -0.1) is 0 Å². The molecule has 0 aromatic carbocycles. The van der Waals surface area contributed by atoms with Crippen molar-refractivity contribution in [3.8, 4) is 0 Å². The van der Waals surface area contributed by atoms with E-state index in [0.717, 1.165) is 45.4 Å². The third-order valence-corrected chi connectivity index (χ3v) is 4.54. The van der Waals surface area contributed by atoms with Gasteiger partial charge in [0.25, 0.3) is 0 Å². The van der Waals surface area contributed by atoms with Gasteiger partial charge >= 0.3 is 0 Å². The molecule has 1 aliphatic heterocycles. The molecular weight excluding hydrogens is 226 g/mol. The molecule has 0 aromatic heterocycles. The van der Waals surface area contributed by atoms with E-state index in [9.17, 15) is 8.42 Å². The first-order valence-electron chi connectivity index (χ1n) is 6.15. The van der Waals surface area contributed by atoms with Crippen molar-refractivity contribution in [3.63, 3.8) is 0 Å². The highest BCUT2D eigenvalue weighted by atomic mass is 32.2. The number of rotatable bonds is 8. The summed E-state index contributed by atoms with van der Waals surface area (Å²) >= 11 is 0. The summed E-state index contributed by atoms with van der Waals surface area (Å²) in [5.41, 5.74) is 0. The van der Waals surface area contributed by atoms with Crippen LogP contribution in [-0.2, 0) is 14.6 Å². The van der Waals surface area contributed by atoms with E-state index in [0.29, 0.717) is 11.5 Å². The fourth-order valence-electron chi connectivity index (χ4n) is 1.78. The van der Waals surface area contributed by atoms with E-state index in [-0.39, 0.29) is 6.04 Å². The third-order valence-electron chi connectivity index (χ3n) is 2.77. The molecule has 0 aliphatic carbocycles. The van der Waals surface area contributed by atoms with E-state index in [2.05, 4.69) is 12.2 Å². The second-order valence-electron chi connectivity index (χ2n) is 4.37. The summed E-state index contributed by atoms with van der Waals surface area (Å²) in [6.07, 6.45) is 4.01. The Balaban J connectivity index is 1.92. The molecule has 0 spiro atoms. The molecule has 1 atom stereocenters. The zero-order valence-electron chi connectivity index (χ0n) is 10.1. The van der Waals surface area contributed by atoms with Crippen LogP contribution in [0, 0.1) is 0 Å². The van der Waals surface area contributed by atoms with Crippen LogP contribution in [0.2, 0.25) is 0 Å². The summed E-state index contributed by atoms with van der Waals surface area (Å²) in [6, 6.07) is 0.167. The molecule has 1 saturated heterocycles. The fraction of sp³-hybridized carbons (Fsp3) is 1.00. The van der Waals surface area contributed by atoms with Crippen molar-refractivity contribution in [1.29, 1.82) is 0 Å². The molecule has 0 aromatic rings. The Morgan fingerprint density at radius 2 is 2.06 bits per heavy atom. The van der Waals surface area contributed by atoms with Gasteiger partial charge in [0.15, 0.2) is 9.84 Å². The zero-order valence-corrected chi connectivity index (χ0v) is 10.9. The van der Waals surface area contributed by atoms with Crippen molar-refractivity contribution in [2.45, 2.75) is 38.6 Å². The lowest BCUT2D eigenvalue weighted by atomic mass is 10.2. The molecule has 1 unspecified atom stereocenters. The van der Waals surface area contributed by atoms with Crippen LogP contribution in [-0.4, -0.2) is 45.7 Å². The molecule has 5 heteroatoms. The minimum Gasteiger partial charge on any atom is -0.381 e. The maximum atomic E-state index is 11.2. The lowest BCUT2D eigenvalue weighted by Gasteiger charge is -2.10. The molecular formula is C11H23NO3S. The summed E-state index contributed by atoms with van der Waals surface area (Å²) in [5.74, 6) is 0.654. The van der Waals surface area contributed by atoms with Gasteiger partial charge in [0.05, 0.1) is 11.5 Å². The smallest absolute Gasteiger partial charge is 0.151 e. The van der Waals surface area contributed by atoms with Gasteiger partial charge in [0.2, 0.25) is 0 Å². The highest BCUT2D eigenvalue weighted by molar-refractivity contribution is 7.91. The number of ether oxygens (including phenoxy) is 1. The summed E-state index contributed by atoms with van der Waals surface area (Å²) < 4.78 is 27.8. The Morgan fingerprint density at radius 1 is 1.31 bits per heavy atom. The molecule has 16 heavy (non-hydrogen) atoms. The molecule has 1 heterocycles. The van der Waals surface area contributed by atoms with Crippen LogP contribution in [0.25, 0.3) is 0 Å². The average molecular weight is 249 g/mol. The molecule has 96 valence electrons. The van der Waals surface area contributed by atoms with Gasteiger partial charge in [-0.2, -0.15) is 0 Å². The topological polar surface area (TPSA) is 55.4 Å².